The molecule has 2 aliphatic heterocycles. The molecule has 2 heterocycles. The maximum Gasteiger partial charge on any atom is 0.475 e. The third-order valence-corrected chi connectivity index (χ3v) is 7.25. The number of alkyl carbamates (subject to hydrolysis) is 1. The van der Waals surface area contributed by atoms with Crippen LogP contribution >= 0.6 is 0 Å². The number of ether oxygens (including phenoxy) is 1. The lowest BCUT2D eigenvalue weighted by atomic mass is 9.76. The zero-order valence-corrected chi connectivity index (χ0v) is 21.5. The van der Waals surface area contributed by atoms with Gasteiger partial charge in [0.1, 0.15) is 5.92 Å². The molecule has 4 atom stereocenters. The number of nitrogens with zero attached hydrogens (tertiary/aromatic N) is 3. The number of halogens is 3. The molecular formula is C25H34BF3N4O5. The van der Waals surface area contributed by atoms with Gasteiger partial charge in [0, 0.05) is 18.5 Å². The SMILES string of the molecule is CC(C)(CCC(C#N)C(=O)N1C[C@@H](F)[C@@H](OC(=O)N[C@@H](Cc2ccccc2)B(O)O)C1)N1CCC(F)(F)C1. The van der Waals surface area contributed by atoms with Crippen LogP contribution in [0.15, 0.2) is 30.3 Å². The Bertz CT molecular complexity index is 1010. The molecule has 0 bridgehead atoms. The predicted octanol–water partition coefficient (Wildman–Crippen LogP) is 1.92. The highest BCUT2D eigenvalue weighted by Crippen LogP contribution is 2.34. The van der Waals surface area contributed by atoms with E-state index >= 15 is 0 Å². The average Bonchev–Trinajstić information content (AvgIpc) is 3.41. The lowest BCUT2D eigenvalue weighted by Crippen LogP contribution is -2.49. The van der Waals surface area contributed by atoms with Crippen LogP contribution in [0.2, 0.25) is 0 Å². The number of rotatable bonds is 10. The number of hydrogen-bond acceptors (Lipinski definition) is 7. The van der Waals surface area contributed by atoms with Gasteiger partial charge in [0.25, 0.3) is 5.92 Å². The number of likely N-dealkylation sites (tertiary alicyclic amines) is 2. The Morgan fingerprint density at radius 2 is 1.97 bits per heavy atom. The second-order valence-corrected chi connectivity index (χ2v) is 10.6. The van der Waals surface area contributed by atoms with Crippen LogP contribution < -0.4 is 5.32 Å². The maximum atomic E-state index is 14.7. The minimum Gasteiger partial charge on any atom is -0.441 e. The van der Waals surface area contributed by atoms with Gasteiger partial charge < -0.3 is 25.0 Å². The molecule has 1 aromatic carbocycles. The van der Waals surface area contributed by atoms with E-state index in [2.05, 4.69) is 5.32 Å². The Labute approximate surface area is 220 Å². The van der Waals surface area contributed by atoms with Crippen LogP contribution in [0.3, 0.4) is 0 Å². The zero-order valence-electron chi connectivity index (χ0n) is 21.5. The molecule has 38 heavy (non-hydrogen) atoms. The summed E-state index contributed by atoms with van der Waals surface area (Å²) in [5, 5.41) is 31.2. The summed E-state index contributed by atoms with van der Waals surface area (Å²) in [6.07, 6.45) is -3.77. The molecule has 1 unspecified atom stereocenters. The molecule has 208 valence electrons. The number of nitrogens with one attached hydrogen (secondary N) is 1. The number of carbonyl (C=O) groups excluding carboxylic acids is 2. The fourth-order valence-electron chi connectivity index (χ4n) is 4.82. The summed E-state index contributed by atoms with van der Waals surface area (Å²) in [6.45, 7) is 2.79. The lowest BCUT2D eigenvalue weighted by molar-refractivity contribution is -0.133. The number of amides is 2. The summed E-state index contributed by atoms with van der Waals surface area (Å²) in [4.78, 5) is 28.1. The highest BCUT2D eigenvalue weighted by Gasteiger charge is 2.45. The van der Waals surface area contributed by atoms with Crippen LogP contribution in [0.25, 0.3) is 0 Å². The van der Waals surface area contributed by atoms with Crippen molar-refractivity contribution in [2.75, 3.05) is 26.2 Å². The number of alkyl halides is 3. The van der Waals surface area contributed by atoms with E-state index in [1.54, 1.807) is 49.1 Å². The van der Waals surface area contributed by atoms with Crippen molar-refractivity contribution in [3.63, 3.8) is 0 Å². The zero-order chi connectivity index (χ0) is 28.1. The van der Waals surface area contributed by atoms with Crippen molar-refractivity contribution in [2.24, 2.45) is 5.92 Å². The third kappa shape index (κ3) is 7.85. The predicted molar refractivity (Wildman–Crippen MR) is 133 cm³/mol. The quantitative estimate of drug-likeness (QED) is 0.389. The topological polar surface area (TPSA) is 126 Å². The van der Waals surface area contributed by atoms with Gasteiger partial charge in [0.05, 0.1) is 31.6 Å². The molecule has 0 aromatic heterocycles. The van der Waals surface area contributed by atoms with Crippen molar-refractivity contribution in [3.05, 3.63) is 35.9 Å². The van der Waals surface area contributed by atoms with Gasteiger partial charge in [-0.3, -0.25) is 9.69 Å². The molecule has 2 aliphatic rings. The Morgan fingerprint density at radius 3 is 2.55 bits per heavy atom. The van der Waals surface area contributed by atoms with Crippen molar-refractivity contribution in [1.29, 1.82) is 5.26 Å². The minimum atomic E-state index is -2.76. The van der Waals surface area contributed by atoms with Crippen LogP contribution in [0.5, 0.6) is 0 Å². The van der Waals surface area contributed by atoms with Crippen LogP contribution in [-0.2, 0) is 16.0 Å². The lowest BCUT2D eigenvalue weighted by Gasteiger charge is -2.36. The smallest absolute Gasteiger partial charge is 0.441 e. The van der Waals surface area contributed by atoms with E-state index in [4.69, 9.17) is 4.74 Å². The molecule has 2 amide bonds. The van der Waals surface area contributed by atoms with E-state index < -0.39 is 54.7 Å². The van der Waals surface area contributed by atoms with Gasteiger partial charge in [-0.15, -0.1) is 0 Å². The largest absolute Gasteiger partial charge is 0.475 e. The van der Waals surface area contributed by atoms with Gasteiger partial charge in [-0.05, 0) is 38.7 Å². The van der Waals surface area contributed by atoms with Crippen LogP contribution in [0.1, 0.15) is 38.7 Å². The minimum absolute atomic E-state index is 0.0945. The Kier molecular flexibility index (Phi) is 9.67. The number of benzene rings is 1. The first-order valence-corrected chi connectivity index (χ1v) is 12.6. The number of hydrogen-bond donors (Lipinski definition) is 3. The molecule has 0 spiro atoms. The molecule has 3 N–H and O–H groups in total. The number of carbonyl (C=O) groups is 2. The summed E-state index contributed by atoms with van der Waals surface area (Å²) >= 11 is 0. The molecule has 2 saturated heterocycles. The van der Waals surface area contributed by atoms with Gasteiger partial charge in [0.2, 0.25) is 5.91 Å². The van der Waals surface area contributed by atoms with Crippen molar-refractivity contribution >= 4 is 19.1 Å². The van der Waals surface area contributed by atoms with Crippen molar-refractivity contribution < 1.29 is 37.5 Å². The van der Waals surface area contributed by atoms with Gasteiger partial charge in [-0.25, -0.2) is 18.0 Å². The normalized spacial score (nSPS) is 22.9. The van der Waals surface area contributed by atoms with Gasteiger partial charge in [-0.2, -0.15) is 5.26 Å². The molecule has 0 radical (unpaired) electrons. The number of nitriles is 1. The summed E-state index contributed by atoms with van der Waals surface area (Å²) in [5.41, 5.74) is 0.0799. The maximum absolute atomic E-state index is 14.7. The first-order chi connectivity index (χ1) is 17.8. The molecule has 2 fully saturated rings. The highest BCUT2D eigenvalue weighted by molar-refractivity contribution is 6.43. The highest BCUT2D eigenvalue weighted by atomic mass is 19.3. The van der Waals surface area contributed by atoms with E-state index in [-0.39, 0.29) is 45.4 Å². The van der Waals surface area contributed by atoms with E-state index in [9.17, 15) is 38.1 Å². The summed E-state index contributed by atoms with van der Waals surface area (Å²) in [7, 11) is -1.89. The molecular weight excluding hydrogens is 504 g/mol. The van der Waals surface area contributed by atoms with Crippen LogP contribution in [0.4, 0.5) is 18.0 Å². The van der Waals surface area contributed by atoms with E-state index in [0.717, 1.165) is 10.5 Å². The van der Waals surface area contributed by atoms with E-state index in [0.29, 0.717) is 6.42 Å². The molecule has 9 nitrogen and oxygen atoms in total. The van der Waals surface area contributed by atoms with Crippen LogP contribution in [0, 0.1) is 17.2 Å². The summed E-state index contributed by atoms with van der Waals surface area (Å²) in [6, 6.07) is 10.7. The van der Waals surface area contributed by atoms with Gasteiger partial charge in [0.15, 0.2) is 12.3 Å². The van der Waals surface area contributed by atoms with Crippen molar-refractivity contribution in [3.8, 4) is 6.07 Å². The summed E-state index contributed by atoms with van der Waals surface area (Å²) < 4.78 is 47.1. The molecule has 1 aromatic rings. The molecule has 3 rings (SSSR count). The van der Waals surface area contributed by atoms with E-state index in [1.165, 1.54) is 0 Å². The second kappa shape index (κ2) is 12.4. The Hall–Kier alpha value is -2.82. The Morgan fingerprint density at radius 1 is 1.29 bits per heavy atom. The third-order valence-electron chi connectivity index (χ3n) is 7.25. The Balaban J connectivity index is 1.52. The summed E-state index contributed by atoms with van der Waals surface area (Å²) in [5.74, 6) is -5.58. The molecule has 13 heteroatoms. The monoisotopic (exact) mass is 538 g/mol. The molecule has 0 aliphatic carbocycles. The fraction of sp³-hybridized carbons (Fsp3) is 0.640. The average molecular weight is 538 g/mol. The first-order valence-electron chi connectivity index (χ1n) is 12.6. The van der Waals surface area contributed by atoms with E-state index in [1.807, 2.05) is 6.07 Å². The standard InChI is InChI=1S/C25H34BF3N4O5/c1-24(2,33-11-10-25(28,29)16-33)9-8-18(13-30)22(34)32-14-19(27)20(15-32)38-23(35)31-21(26(36)37)12-17-6-4-3-5-7-17/h3-7,18-21,36-37H,8-12,14-16H2,1-2H3,(H,31,35)/t18?,19-,20+,21+/m1/s1. The molecule has 0 saturated carbocycles. The van der Waals surface area contributed by atoms with Crippen molar-refractivity contribution in [1.82, 2.24) is 15.1 Å². The van der Waals surface area contributed by atoms with Gasteiger partial charge >= 0.3 is 13.2 Å². The first kappa shape index (κ1) is 29.7. The van der Waals surface area contributed by atoms with Crippen molar-refractivity contribution in [2.45, 2.75) is 69.2 Å². The fourth-order valence-corrected chi connectivity index (χ4v) is 4.82. The van der Waals surface area contributed by atoms with Crippen LogP contribution in [-0.4, -0.2) is 94.8 Å². The second-order valence-electron chi connectivity index (χ2n) is 10.6. The van der Waals surface area contributed by atoms with Gasteiger partial charge in [-0.1, -0.05) is 30.3 Å².